The Morgan fingerprint density at radius 2 is 1.90 bits per heavy atom. The second-order valence-corrected chi connectivity index (χ2v) is 8.67. The van der Waals surface area contributed by atoms with Crippen LogP contribution in [0, 0.1) is 0 Å². The van der Waals surface area contributed by atoms with Crippen LogP contribution in [0.1, 0.15) is 22.7 Å². The molecule has 2 heterocycles. The smallest absolute Gasteiger partial charge is 0.475 e. The third-order valence-corrected chi connectivity index (χ3v) is 6.05. The van der Waals surface area contributed by atoms with Crippen molar-refractivity contribution >= 4 is 16.0 Å². The van der Waals surface area contributed by atoms with E-state index in [0.717, 1.165) is 16.8 Å². The van der Waals surface area contributed by atoms with E-state index in [2.05, 4.69) is 5.10 Å². The predicted molar refractivity (Wildman–Crippen MR) is 101 cm³/mol. The van der Waals surface area contributed by atoms with Crippen molar-refractivity contribution in [2.24, 2.45) is 7.05 Å². The van der Waals surface area contributed by atoms with E-state index in [0.29, 0.717) is 19.7 Å². The molecule has 3 rings (SSSR count). The first-order valence-electron chi connectivity index (χ1n) is 8.77. The molecule has 30 heavy (non-hydrogen) atoms. The molecule has 166 valence electrons. The second-order valence-electron chi connectivity index (χ2n) is 6.70. The van der Waals surface area contributed by atoms with E-state index in [1.165, 1.54) is 0 Å². The molecule has 0 spiro atoms. The fraction of sp³-hybridized carbons (Fsp3) is 0.444. The van der Waals surface area contributed by atoms with Crippen LogP contribution in [0.2, 0.25) is 0 Å². The highest BCUT2D eigenvalue weighted by Gasteiger charge is 2.38. The van der Waals surface area contributed by atoms with E-state index in [1.54, 1.807) is 16.1 Å². The summed E-state index contributed by atoms with van der Waals surface area (Å²) < 4.78 is 65.8. The first-order chi connectivity index (χ1) is 13.9. The molecule has 1 N–H and O–H groups in total. The van der Waals surface area contributed by atoms with Gasteiger partial charge >= 0.3 is 12.1 Å². The first-order valence-corrected chi connectivity index (χ1v) is 10.4. The van der Waals surface area contributed by atoms with E-state index in [-0.39, 0.29) is 11.7 Å². The zero-order chi connectivity index (χ0) is 22.5. The van der Waals surface area contributed by atoms with Crippen LogP contribution in [0.15, 0.2) is 36.5 Å². The van der Waals surface area contributed by atoms with Gasteiger partial charge in [-0.15, -0.1) is 0 Å². The van der Waals surface area contributed by atoms with Crippen molar-refractivity contribution in [2.75, 3.05) is 20.3 Å². The third kappa shape index (κ3) is 6.28. The molecule has 0 saturated heterocycles. The number of halogens is 3. The monoisotopic (exact) mass is 449 g/mol. The summed E-state index contributed by atoms with van der Waals surface area (Å²) in [6, 6.07) is 9.27. The molecule has 1 atom stereocenters. The summed E-state index contributed by atoms with van der Waals surface area (Å²) in [5.41, 5.74) is 2.70. The number of hydrogen-bond donors (Lipinski definition) is 1. The maximum absolute atomic E-state index is 12.8. The first kappa shape index (κ1) is 23.8. The van der Waals surface area contributed by atoms with Crippen LogP contribution in [-0.2, 0) is 38.9 Å². The van der Waals surface area contributed by atoms with Gasteiger partial charge in [-0.2, -0.15) is 22.6 Å². The number of benzene rings is 1. The number of hydrogen-bond acceptors (Lipinski definition) is 5. The molecule has 0 fully saturated rings. The number of carboxylic acids is 1. The Balaban J connectivity index is 0.000000396. The summed E-state index contributed by atoms with van der Waals surface area (Å²) in [5.74, 6) is -2.77. The van der Waals surface area contributed by atoms with Gasteiger partial charge in [0.2, 0.25) is 10.0 Å². The summed E-state index contributed by atoms with van der Waals surface area (Å²) in [4.78, 5) is 8.90. The molecule has 1 unspecified atom stereocenters. The van der Waals surface area contributed by atoms with Crippen molar-refractivity contribution < 1.29 is 36.2 Å². The molecule has 0 amide bonds. The molecule has 0 bridgehead atoms. The van der Waals surface area contributed by atoms with Crippen molar-refractivity contribution in [3.8, 4) is 0 Å². The topological polar surface area (TPSA) is 102 Å². The maximum Gasteiger partial charge on any atom is 0.490 e. The Morgan fingerprint density at radius 1 is 1.30 bits per heavy atom. The number of aliphatic carboxylic acids is 1. The van der Waals surface area contributed by atoms with Gasteiger partial charge in [0.05, 0.1) is 18.1 Å². The van der Waals surface area contributed by atoms with Crippen molar-refractivity contribution in [1.29, 1.82) is 0 Å². The minimum Gasteiger partial charge on any atom is -0.475 e. The average Bonchev–Trinajstić information content (AvgIpc) is 3.02. The number of alkyl halides is 3. The summed E-state index contributed by atoms with van der Waals surface area (Å²) >= 11 is 0. The number of aryl methyl sites for hydroxylation is 1. The minimum absolute atomic E-state index is 0.0170. The van der Waals surface area contributed by atoms with Gasteiger partial charge in [0.1, 0.15) is 0 Å². The van der Waals surface area contributed by atoms with Crippen molar-refractivity contribution in [3.63, 3.8) is 0 Å². The number of nitrogens with zero attached hydrogens (tertiary/aromatic N) is 3. The number of carboxylic acid groups (broad SMARTS) is 1. The summed E-state index contributed by atoms with van der Waals surface area (Å²) in [7, 11) is 0.0969. The second kappa shape index (κ2) is 9.58. The highest BCUT2D eigenvalue weighted by atomic mass is 32.2. The molecule has 1 aromatic heterocycles. The lowest BCUT2D eigenvalue weighted by Gasteiger charge is -2.30. The van der Waals surface area contributed by atoms with E-state index in [9.17, 15) is 21.6 Å². The SMILES string of the molecule is COCC1CN(S(=O)(=O)Cc2ccccc2)Cc2cn(C)nc21.O=C(O)C(F)(F)F. The maximum atomic E-state index is 12.8. The average molecular weight is 449 g/mol. The largest absolute Gasteiger partial charge is 0.490 e. The molecule has 0 saturated carbocycles. The fourth-order valence-electron chi connectivity index (χ4n) is 3.03. The van der Waals surface area contributed by atoms with Gasteiger partial charge in [-0.25, -0.2) is 13.2 Å². The van der Waals surface area contributed by atoms with Gasteiger partial charge in [-0.05, 0) is 5.56 Å². The highest BCUT2D eigenvalue weighted by molar-refractivity contribution is 7.88. The Morgan fingerprint density at radius 3 is 2.43 bits per heavy atom. The van der Waals surface area contributed by atoms with Gasteiger partial charge < -0.3 is 9.84 Å². The molecule has 8 nitrogen and oxygen atoms in total. The lowest BCUT2D eigenvalue weighted by molar-refractivity contribution is -0.192. The summed E-state index contributed by atoms with van der Waals surface area (Å²) in [6.45, 7) is 1.24. The number of aromatic nitrogens is 2. The van der Waals surface area contributed by atoms with E-state index in [1.807, 2.05) is 43.6 Å². The van der Waals surface area contributed by atoms with Crippen LogP contribution in [0.25, 0.3) is 0 Å². The van der Waals surface area contributed by atoms with Gasteiger partial charge in [-0.3, -0.25) is 4.68 Å². The predicted octanol–water partition coefficient (Wildman–Crippen LogP) is 2.13. The molecular formula is C18H22F3N3O5S. The normalized spacial score (nSPS) is 17.0. The lowest BCUT2D eigenvalue weighted by Crippen LogP contribution is -2.39. The van der Waals surface area contributed by atoms with Gasteiger partial charge in [0.15, 0.2) is 0 Å². The number of rotatable bonds is 5. The molecule has 1 aliphatic heterocycles. The van der Waals surface area contributed by atoms with Crippen molar-refractivity contribution in [2.45, 2.75) is 24.4 Å². The standard InChI is InChI=1S/C16H21N3O3S.C2HF3O2/c1-18-8-14-9-19(10-15(11-22-2)16(14)17-18)23(20,21)12-13-6-4-3-5-7-13;3-2(4,5)1(6)7/h3-8,15H,9-12H2,1-2H3;(H,6,7). The zero-order valence-electron chi connectivity index (χ0n) is 16.3. The van der Waals surface area contributed by atoms with Crippen LogP contribution in [0.5, 0.6) is 0 Å². The third-order valence-electron chi connectivity index (χ3n) is 4.29. The highest BCUT2D eigenvalue weighted by Crippen LogP contribution is 2.29. The Hall–Kier alpha value is -2.44. The lowest BCUT2D eigenvalue weighted by atomic mass is 9.99. The van der Waals surface area contributed by atoms with Crippen molar-refractivity contribution in [1.82, 2.24) is 14.1 Å². The number of ether oxygens (including phenoxy) is 1. The Bertz CT molecular complexity index is 961. The zero-order valence-corrected chi connectivity index (χ0v) is 17.2. The fourth-order valence-corrected chi connectivity index (χ4v) is 4.57. The Kier molecular flexibility index (Phi) is 7.61. The van der Waals surface area contributed by atoms with E-state index < -0.39 is 22.2 Å². The molecule has 1 aromatic carbocycles. The van der Waals surface area contributed by atoms with Crippen LogP contribution >= 0.6 is 0 Å². The van der Waals surface area contributed by atoms with Gasteiger partial charge in [0.25, 0.3) is 0 Å². The van der Waals surface area contributed by atoms with Gasteiger partial charge in [0, 0.05) is 44.9 Å². The Labute approximate surface area is 171 Å². The number of fused-ring (bicyclic) bond motifs is 1. The molecule has 1 aliphatic rings. The molecule has 0 radical (unpaired) electrons. The molecular weight excluding hydrogens is 427 g/mol. The molecule has 2 aromatic rings. The van der Waals surface area contributed by atoms with Crippen LogP contribution in [0.3, 0.4) is 0 Å². The molecule has 0 aliphatic carbocycles. The number of sulfonamides is 1. The van der Waals surface area contributed by atoms with E-state index in [4.69, 9.17) is 14.6 Å². The van der Waals surface area contributed by atoms with Crippen LogP contribution in [-0.4, -0.2) is 60.0 Å². The van der Waals surface area contributed by atoms with Crippen molar-refractivity contribution in [3.05, 3.63) is 53.3 Å². The van der Waals surface area contributed by atoms with Gasteiger partial charge in [-0.1, -0.05) is 30.3 Å². The van der Waals surface area contributed by atoms with Crippen LogP contribution < -0.4 is 0 Å². The quantitative estimate of drug-likeness (QED) is 0.751. The number of carbonyl (C=O) groups is 1. The number of methoxy groups -OCH3 is 1. The van der Waals surface area contributed by atoms with E-state index >= 15 is 0 Å². The molecule has 12 heteroatoms. The summed E-state index contributed by atoms with van der Waals surface area (Å²) in [6.07, 6.45) is -3.19. The summed E-state index contributed by atoms with van der Waals surface area (Å²) in [5, 5.41) is 11.6. The minimum atomic E-state index is -5.08. The van der Waals surface area contributed by atoms with Crippen LogP contribution in [0.4, 0.5) is 13.2 Å².